The summed E-state index contributed by atoms with van der Waals surface area (Å²) in [5.74, 6) is 1.55. The Bertz CT molecular complexity index is 1000. The van der Waals surface area contributed by atoms with Crippen LogP contribution in [0.5, 0.6) is 23.1 Å². The molecule has 7 nitrogen and oxygen atoms in total. The van der Waals surface area contributed by atoms with Gasteiger partial charge in [-0.3, -0.25) is 10.1 Å². The summed E-state index contributed by atoms with van der Waals surface area (Å²) in [7, 11) is 3.10. The van der Waals surface area contributed by atoms with Crippen LogP contribution in [0.15, 0.2) is 48.7 Å². The summed E-state index contributed by atoms with van der Waals surface area (Å²) in [6.45, 7) is 0. The zero-order valence-corrected chi connectivity index (χ0v) is 16.3. The Morgan fingerprint density at radius 2 is 1.61 bits per heavy atom. The van der Waals surface area contributed by atoms with Crippen LogP contribution in [0.2, 0.25) is 10.0 Å². The highest BCUT2D eigenvalue weighted by molar-refractivity contribution is 6.37. The van der Waals surface area contributed by atoms with E-state index in [-0.39, 0.29) is 21.5 Å². The SMILES string of the molecule is COc1ccc(-c2cc(Oc3c(Cl)cc([N+](=O)[O-])cc3Cl)cnc2OC)cc1. The average molecular weight is 421 g/mol. The molecule has 3 rings (SSSR count). The Hall–Kier alpha value is -3.03. The van der Waals surface area contributed by atoms with Gasteiger partial charge in [0.1, 0.15) is 11.5 Å². The molecule has 1 aromatic heterocycles. The maximum absolute atomic E-state index is 10.9. The molecule has 0 saturated carbocycles. The third-order valence-electron chi connectivity index (χ3n) is 3.83. The number of ether oxygens (including phenoxy) is 3. The summed E-state index contributed by atoms with van der Waals surface area (Å²) in [5.41, 5.74) is 1.28. The van der Waals surface area contributed by atoms with Crippen molar-refractivity contribution in [3.63, 3.8) is 0 Å². The minimum atomic E-state index is -0.585. The van der Waals surface area contributed by atoms with E-state index in [1.54, 1.807) is 13.2 Å². The van der Waals surface area contributed by atoms with E-state index in [0.717, 1.165) is 5.56 Å². The molecule has 0 aliphatic heterocycles. The Kier molecular flexibility index (Phi) is 5.87. The maximum Gasteiger partial charge on any atom is 0.272 e. The zero-order valence-electron chi connectivity index (χ0n) is 14.8. The predicted molar refractivity (Wildman–Crippen MR) is 106 cm³/mol. The number of hydrogen-bond acceptors (Lipinski definition) is 6. The lowest BCUT2D eigenvalue weighted by molar-refractivity contribution is -0.384. The van der Waals surface area contributed by atoms with E-state index in [1.807, 2.05) is 24.3 Å². The van der Waals surface area contributed by atoms with Gasteiger partial charge < -0.3 is 14.2 Å². The fraction of sp³-hybridized carbons (Fsp3) is 0.105. The number of benzene rings is 2. The molecule has 0 aliphatic rings. The number of halogens is 2. The van der Waals surface area contributed by atoms with Crippen LogP contribution in [0, 0.1) is 10.1 Å². The van der Waals surface area contributed by atoms with Crippen molar-refractivity contribution in [3.8, 4) is 34.3 Å². The molecular formula is C19H14Cl2N2O5. The molecule has 144 valence electrons. The van der Waals surface area contributed by atoms with Gasteiger partial charge in [0.2, 0.25) is 5.88 Å². The summed E-state index contributed by atoms with van der Waals surface area (Å²) < 4.78 is 16.2. The third-order valence-corrected chi connectivity index (χ3v) is 4.40. The Balaban J connectivity index is 1.99. The first-order valence-electron chi connectivity index (χ1n) is 7.92. The molecule has 3 aromatic rings. The second-order valence-corrected chi connectivity index (χ2v) is 6.37. The predicted octanol–water partition coefficient (Wildman–Crippen LogP) is 5.77. The highest BCUT2D eigenvalue weighted by Crippen LogP contribution is 2.41. The van der Waals surface area contributed by atoms with Crippen molar-refractivity contribution in [2.75, 3.05) is 14.2 Å². The van der Waals surface area contributed by atoms with Gasteiger partial charge >= 0.3 is 0 Å². The molecule has 0 radical (unpaired) electrons. The lowest BCUT2D eigenvalue weighted by Crippen LogP contribution is -1.95. The topological polar surface area (TPSA) is 83.7 Å². The third kappa shape index (κ3) is 4.11. The number of nitro benzene ring substituents is 1. The molecule has 2 aromatic carbocycles. The van der Waals surface area contributed by atoms with Crippen LogP contribution in [0.4, 0.5) is 5.69 Å². The zero-order chi connectivity index (χ0) is 20.3. The molecule has 0 aliphatic carbocycles. The number of pyridine rings is 1. The van der Waals surface area contributed by atoms with Crippen LogP contribution >= 0.6 is 23.2 Å². The monoisotopic (exact) mass is 420 g/mol. The van der Waals surface area contributed by atoms with E-state index in [0.29, 0.717) is 22.9 Å². The molecule has 0 spiro atoms. The van der Waals surface area contributed by atoms with Crippen molar-refractivity contribution in [2.24, 2.45) is 0 Å². The van der Waals surface area contributed by atoms with Crippen LogP contribution in [0.3, 0.4) is 0 Å². The Labute approximate surface area is 170 Å². The van der Waals surface area contributed by atoms with E-state index in [9.17, 15) is 10.1 Å². The summed E-state index contributed by atoms with van der Waals surface area (Å²) >= 11 is 12.2. The van der Waals surface area contributed by atoms with Crippen molar-refractivity contribution >= 4 is 28.9 Å². The maximum atomic E-state index is 10.9. The van der Waals surface area contributed by atoms with Gasteiger partial charge in [-0.1, -0.05) is 35.3 Å². The van der Waals surface area contributed by atoms with E-state index >= 15 is 0 Å². The number of nitro groups is 1. The molecule has 0 bridgehead atoms. The van der Waals surface area contributed by atoms with Crippen molar-refractivity contribution in [3.05, 3.63) is 68.8 Å². The van der Waals surface area contributed by atoms with E-state index in [4.69, 9.17) is 37.4 Å². The molecule has 9 heteroatoms. The summed E-state index contributed by atoms with van der Waals surface area (Å²) in [6.07, 6.45) is 1.44. The number of rotatable bonds is 6. The van der Waals surface area contributed by atoms with E-state index in [2.05, 4.69) is 4.98 Å². The molecule has 0 N–H and O–H groups in total. The number of nitrogens with zero attached hydrogens (tertiary/aromatic N) is 2. The molecule has 0 unspecified atom stereocenters. The number of non-ortho nitro benzene ring substituents is 1. The van der Waals surface area contributed by atoms with Crippen LogP contribution in [0.25, 0.3) is 11.1 Å². The summed E-state index contributed by atoms with van der Waals surface area (Å²) in [5, 5.41) is 10.9. The minimum Gasteiger partial charge on any atom is -0.497 e. The van der Waals surface area contributed by atoms with Crippen molar-refractivity contribution in [2.45, 2.75) is 0 Å². The molecule has 0 amide bonds. The second kappa shape index (κ2) is 8.33. The fourth-order valence-corrected chi connectivity index (χ4v) is 3.05. The highest BCUT2D eigenvalue weighted by Gasteiger charge is 2.18. The molecule has 28 heavy (non-hydrogen) atoms. The minimum absolute atomic E-state index is 0.0148. The van der Waals surface area contributed by atoms with Gasteiger partial charge in [-0.15, -0.1) is 0 Å². The molecule has 0 fully saturated rings. The Morgan fingerprint density at radius 1 is 0.964 bits per heavy atom. The van der Waals surface area contributed by atoms with Gasteiger partial charge in [-0.05, 0) is 23.8 Å². The average Bonchev–Trinajstić information content (AvgIpc) is 2.70. The van der Waals surface area contributed by atoms with Gasteiger partial charge in [0.25, 0.3) is 5.69 Å². The lowest BCUT2D eigenvalue weighted by atomic mass is 10.1. The largest absolute Gasteiger partial charge is 0.497 e. The van der Waals surface area contributed by atoms with E-state index in [1.165, 1.54) is 25.4 Å². The first kappa shape index (κ1) is 19.7. The smallest absolute Gasteiger partial charge is 0.272 e. The number of aromatic nitrogens is 1. The van der Waals surface area contributed by atoms with Gasteiger partial charge in [0, 0.05) is 17.7 Å². The molecule has 0 saturated heterocycles. The Morgan fingerprint density at radius 3 is 2.14 bits per heavy atom. The van der Waals surface area contributed by atoms with Crippen LogP contribution in [-0.4, -0.2) is 24.1 Å². The fourth-order valence-electron chi connectivity index (χ4n) is 2.50. The molecule has 1 heterocycles. The first-order chi connectivity index (χ1) is 13.4. The van der Waals surface area contributed by atoms with Gasteiger partial charge in [0.15, 0.2) is 5.75 Å². The quantitative estimate of drug-likeness (QED) is 0.371. The number of methoxy groups -OCH3 is 2. The van der Waals surface area contributed by atoms with Crippen LogP contribution in [-0.2, 0) is 0 Å². The standard InChI is InChI=1S/C19H14Cl2N2O5/c1-26-13-5-3-11(4-6-13)15-9-14(10-22-19(15)27-2)28-18-16(20)7-12(23(24)25)8-17(18)21/h3-10H,1-2H3. The van der Waals surface area contributed by atoms with Gasteiger partial charge in [-0.25, -0.2) is 4.98 Å². The van der Waals surface area contributed by atoms with E-state index < -0.39 is 4.92 Å². The highest BCUT2D eigenvalue weighted by atomic mass is 35.5. The van der Waals surface area contributed by atoms with Crippen LogP contribution < -0.4 is 14.2 Å². The lowest BCUT2D eigenvalue weighted by Gasteiger charge is -2.13. The normalized spacial score (nSPS) is 10.4. The van der Waals surface area contributed by atoms with Crippen LogP contribution in [0.1, 0.15) is 0 Å². The molecule has 0 atom stereocenters. The van der Waals surface area contributed by atoms with Gasteiger partial charge in [-0.2, -0.15) is 0 Å². The van der Waals surface area contributed by atoms with Crippen molar-refractivity contribution < 1.29 is 19.1 Å². The summed E-state index contributed by atoms with van der Waals surface area (Å²) in [6, 6.07) is 11.4. The van der Waals surface area contributed by atoms with Gasteiger partial charge in [0.05, 0.1) is 35.4 Å². The molecular weight excluding hydrogens is 407 g/mol. The number of hydrogen-bond donors (Lipinski definition) is 0. The first-order valence-corrected chi connectivity index (χ1v) is 8.68. The van der Waals surface area contributed by atoms with Crippen molar-refractivity contribution in [1.29, 1.82) is 0 Å². The second-order valence-electron chi connectivity index (χ2n) is 5.55. The summed E-state index contributed by atoms with van der Waals surface area (Å²) in [4.78, 5) is 14.6. The van der Waals surface area contributed by atoms with Crippen molar-refractivity contribution in [1.82, 2.24) is 4.98 Å².